The molecule has 1 heterocycles. The lowest BCUT2D eigenvalue weighted by Gasteiger charge is -2.17. The van der Waals surface area contributed by atoms with Crippen molar-refractivity contribution in [1.82, 2.24) is 10.2 Å². The smallest absolute Gasteiger partial charge is 0.419 e. The van der Waals surface area contributed by atoms with Gasteiger partial charge in [-0.3, -0.25) is 0 Å². The number of nitrogens with zero attached hydrogens (tertiary/aromatic N) is 2. The number of unbranched alkanes of at least 4 members (excludes halogenated alkanes) is 1. The minimum absolute atomic E-state index is 0.0504. The molecule has 1 atom stereocenters. The molecule has 3 N–H and O–H groups in total. The van der Waals surface area contributed by atoms with Crippen LogP contribution in [-0.2, 0) is 17.9 Å². The fraction of sp³-hybridized carbons (Fsp3) is 0.391. The van der Waals surface area contributed by atoms with Crippen molar-refractivity contribution in [3.8, 4) is 22.1 Å². The highest BCUT2D eigenvalue weighted by molar-refractivity contribution is 7.14. The zero-order valence-corrected chi connectivity index (χ0v) is 19.8. The van der Waals surface area contributed by atoms with Gasteiger partial charge in [0.05, 0.1) is 36.5 Å². The molecule has 3 aromatic rings. The largest absolute Gasteiger partial charge is 0.494 e. The third kappa shape index (κ3) is 7.08. The summed E-state index contributed by atoms with van der Waals surface area (Å²) in [6.45, 7) is 1.13. The fourth-order valence-electron chi connectivity index (χ4n) is 2.99. The van der Waals surface area contributed by atoms with Crippen LogP contribution < -0.4 is 15.2 Å². The molecule has 0 bridgehead atoms. The Hall–Kier alpha value is -2.90. The van der Waals surface area contributed by atoms with Crippen LogP contribution in [0.1, 0.15) is 35.9 Å². The molecule has 0 aliphatic rings. The van der Waals surface area contributed by atoms with Crippen molar-refractivity contribution in [2.45, 2.75) is 37.7 Å². The molecule has 196 valence electrons. The van der Waals surface area contributed by atoms with Gasteiger partial charge in [0.25, 0.3) is 0 Å². The second kappa shape index (κ2) is 11.0. The lowest BCUT2D eigenvalue weighted by molar-refractivity contribution is -0.139. The van der Waals surface area contributed by atoms with Gasteiger partial charge in [0, 0.05) is 5.56 Å². The van der Waals surface area contributed by atoms with Crippen molar-refractivity contribution in [2.75, 3.05) is 19.8 Å². The molecule has 0 fully saturated rings. The predicted molar refractivity (Wildman–Crippen MR) is 121 cm³/mol. The SMILES string of the molecule is C[C@](N)(CO)c1nnc(-c2ccc(OCCCCOc3cccc(C(F)(F)F)c3)c(C(F)(F)F)c2)s1. The van der Waals surface area contributed by atoms with Gasteiger partial charge in [-0.25, -0.2) is 0 Å². The summed E-state index contributed by atoms with van der Waals surface area (Å²) in [6.07, 6.45) is -8.51. The molecule has 0 aliphatic heterocycles. The van der Waals surface area contributed by atoms with Gasteiger partial charge in [-0.1, -0.05) is 17.4 Å². The van der Waals surface area contributed by atoms with Crippen LogP contribution in [0.2, 0.25) is 0 Å². The van der Waals surface area contributed by atoms with E-state index < -0.39 is 35.6 Å². The van der Waals surface area contributed by atoms with Crippen LogP contribution in [0.4, 0.5) is 26.3 Å². The van der Waals surface area contributed by atoms with Gasteiger partial charge >= 0.3 is 12.4 Å². The maximum atomic E-state index is 13.7. The zero-order valence-electron chi connectivity index (χ0n) is 19.0. The minimum Gasteiger partial charge on any atom is -0.494 e. The number of halogens is 6. The Labute approximate surface area is 206 Å². The minimum atomic E-state index is -4.70. The van der Waals surface area contributed by atoms with Crippen LogP contribution >= 0.6 is 11.3 Å². The quantitative estimate of drug-likeness (QED) is 0.258. The van der Waals surface area contributed by atoms with Crippen LogP contribution in [0, 0.1) is 0 Å². The molecule has 13 heteroatoms. The first-order valence-electron chi connectivity index (χ1n) is 10.7. The van der Waals surface area contributed by atoms with Crippen LogP contribution in [0.15, 0.2) is 42.5 Å². The van der Waals surface area contributed by atoms with Gasteiger partial charge in [0.2, 0.25) is 0 Å². The van der Waals surface area contributed by atoms with Crippen molar-refractivity contribution in [2.24, 2.45) is 5.73 Å². The molecule has 0 spiro atoms. The third-order valence-electron chi connectivity index (χ3n) is 5.00. The topological polar surface area (TPSA) is 90.5 Å². The molecular weight excluding hydrogens is 512 g/mol. The van der Waals surface area contributed by atoms with Crippen molar-refractivity contribution in [3.05, 3.63) is 58.6 Å². The van der Waals surface area contributed by atoms with E-state index in [4.69, 9.17) is 15.2 Å². The summed E-state index contributed by atoms with van der Waals surface area (Å²) >= 11 is 0.978. The van der Waals surface area contributed by atoms with E-state index in [0.717, 1.165) is 29.5 Å². The lowest BCUT2D eigenvalue weighted by atomic mass is 10.1. The molecular formula is C23H23F6N3O3S. The first kappa shape index (κ1) is 27.7. The summed E-state index contributed by atoms with van der Waals surface area (Å²) < 4.78 is 89.9. The Morgan fingerprint density at radius 2 is 1.61 bits per heavy atom. The Bertz CT molecular complexity index is 1160. The van der Waals surface area contributed by atoms with Crippen molar-refractivity contribution in [3.63, 3.8) is 0 Å². The number of ether oxygens (including phenoxy) is 2. The Morgan fingerprint density at radius 3 is 2.25 bits per heavy atom. The van der Waals surface area contributed by atoms with E-state index in [9.17, 15) is 31.4 Å². The molecule has 3 rings (SSSR count). The standard InChI is InChI=1S/C23H23F6N3O3S/c1-21(30,13-33)20-32-31-19(36-20)14-7-8-18(17(11-14)23(27,28)29)35-10-3-2-9-34-16-6-4-5-15(12-16)22(24,25)26/h4-8,11-12,33H,2-3,9-10,13,30H2,1H3/t21-/m0/s1. The highest BCUT2D eigenvalue weighted by Crippen LogP contribution is 2.40. The molecule has 0 saturated carbocycles. The average Bonchev–Trinajstić information content (AvgIpc) is 3.32. The maximum Gasteiger partial charge on any atom is 0.419 e. The Kier molecular flexibility index (Phi) is 8.47. The first-order chi connectivity index (χ1) is 16.8. The summed E-state index contributed by atoms with van der Waals surface area (Å²) in [6, 6.07) is 7.94. The second-order valence-electron chi connectivity index (χ2n) is 8.13. The van der Waals surface area contributed by atoms with Gasteiger partial charge in [-0.2, -0.15) is 26.3 Å². The molecule has 36 heavy (non-hydrogen) atoms. The number of hydrogen-bond acceptors (Lipinski definition) is 7. The number of alkyl halides is 6. The summed E-state index contributed by atoms with van der Waals surface area (Å²) in [4.78, 5) is 0. The number of aliphatic hydroxyl groups is 1. The molecule has 6 nitrogen and oxygen atoms in total. The predicted octanol–water partition coefficient (Wildman–Crippen LogP) is 5.65. The van der Waals surface area contributed by atoms with Gasteiger partial charge in [-0.15, -0.1) is 10.2 Å². The van der Waals surface area contributed by atoms with Crippen molar-refractivity contribution >= 4 is 11.3 Å². The van der Waals surface area contributed by atoms with E-state index >= 15 is 0 Å². The van der Waals surface area contributed by atoms with Crippen molar-refractivity contribution < 1.29 is 40.9 Å². The van der Waals surface area contributed by atoms with E-state index in [0.29, 0.717) is 12.8 Å². The maximum absolute atomic E-state index is 13.7. The van der Waals surface area contributed by atoms with Crippen LogP contribution in [-0.4, -0.2) is 35.1 Å². The monoisotopic (exact) mass is 535 g/mol. The number of aromatic nitrogens is 2. The molecule has 0 unspecified atom stereocenters. The van der Waals surface area contributed by atoms with Gasteiger partial charge < -0.3 is 20.3 Å². The average molecular weight is 536 g/mol. The number of hydrogen-bond donors (Lipinski definition) is 2. The molecule has 1 aromatic heterocycles. The zero-order chi connectivity index (χ0) is 26.6. The van der Waals surface area contributed by atoms with Gasteiger partial charge in [-0.05, 0) is 56.2 Å². The third-order valence-corrected chi connectivity index (χ3v) is 6.25. The van der Waals surface area contributed by atoms with Crippen LogP contribution in [0.5, 0.6) is 11.5 Å². The number of nitrogens with two attached hydrogens (primary N) is 1. The van der Waals surface area contributed by atoms with E-state index in [-0.39, 0.29) is 40.3 Å². The normalized spacial score (nSPS) is 13.9. The summed E-state index contributed by atoms with van der Waals surface area (Å²) in [5.74, 6) is -0.316. The highest BCUT2D eigenvalue weighted by Gasteiger charge is 2.35. The molecule has 0 amide bonds. The number of benzene rings is 2. The van der Waals surface area contributed by atoms with E-state index in [1.54, 1.807) is 0 Å². The summed E-state index contributed by atoms with van der Waals surface area (Å²) in [7, 11) is 0. The van der Waals surface area contributed by atoms with Gasteiger partial charge in [0.1, 0.15) is 21.5 Å². The number of rotatable bonds is 10. The van der Waals surface area contributed by atoms with Crippen LogP contribution in [0.3, 0.4) is 0 Å². The Balaban J connectivity index is 1.59. The second-order valence-corrected chi connectivity index (χ2v) is 9.10. The van der Waals surface area contributed by atoms with Crippen molar-refractivity contribution in [1.29, 1.82) is 0 Å². The molecule has 0 radical (unpaired) electrons. The molecule has 2 aromatic carbocycles. The van der Waals surface area contributed by atoms with Crippen LogP contribution in [0.25, 0.3) is 10.6 Å². The van der Waals surface area contributed by atoms with E-state index in [2.05, 4.69) is 10.2 Å². The Morgan fingerprint density at radius 1 is 0.917 bits per heavy atom. The highest BCUT2D eigenvalue weighted by atomic mass is 32.1. The fourth-order valence-corrected chi connectivity index (χ4v) is 3.88. The lowest BCUT2D eigenvalue weighted by Crippen LogP contribution is -2.36. The van der Waals surface area contributed by atoms with E-state index in [1.807, 2.05) is 0 Å². The molecule has 0 saturated heterocycles. The summed E-state index contributed by atoms with van der Waals surface area (Å²) in [5, 5.41) is 17.6. The molecule has 0 aliphatic carbocycles. The number of aliphatic hydroxyl groups excluding tert-OH is 1. The van der Waals surface area contributed by atoms with E-state index in [1.165, 1.54) is 31.2 Å². The van der Waals surface area contributed by atoms with Gasteiger partial charge in [0.15, 0.2) is 0 Å². The first-order valence-corrected chi connectivity index (χ1v) is 11.5. The summed E-state index contributed by atoms with van der Waals surface area (Å²) in [5.41, 5.74) is 3.08.